The summed E-state index contributed by atoms with van der Waals surface area (Å²) in [6.07, 6.45) is 0. The highest BCUT2D eigenvalue weighted by Gasteiger charge is 2.17. The number of hydrogen-bond donors (Lipinski definition) is 1. The number of carboxylic acids is 1. The van der Waals surface area contributed by atoms with Crippen LogP contribution < -0.4 is 4.74 Å². The van der Waals surface area contributed by atoms with Crippen molar-refractivity contribution in [3.05, 3.63) is 57.6 Å². The Morgan fingerprint density at radius 3 is 2.45 bits per heavy atom. The minimum Gasteiger partial charge on any atom is -0.478 e. The van der Waals surface area contributed by atoms with Crippen LogP contribution in [-0.4, -0.2) is 11.1 Å². The van der Waals surface area contributed by atoms with Gasteiger partial charge in [0.05, 0.1) is 10.0 Å². The Kier molecular flexibility index (Phi) is 4.04. The number of rotatable bonds is 3. The molecule has 1 N–H and O–H groups in total. The zero-order valence-electron chi connectivity index (χ0n) is 10.3. The van der Waals surface area contributed by atoms with E-state index >= 15 is 0 Å². The van der Waals surface area contributed by atoms with Crippen LogP contribution in [0.4, 0.5) is 8.78 Å². The van der Waals surface area contributed by atoms with Crippen molar-refractivity contribution in [2.24, 2.45) is 0 Å². The molecule has 0 aliphatic rings. The van der Waals surface area contributed by atoms with Gasteiger partial charge < -0.3 is 9.84 Å². The zero-order valence-corrected chi connectivity index (χ0v) is 11.9. The van der Waals surface area contributed by atoms with Crippen molar-refractivity contribution in [3.63, 3.8) is 0 Å². The molecule has 3 nitrogen and oxygen atoms in total. The van der Waals surface area contributed by atoms with Gasteiger partial charge >= 0.3 is 5.97 Å². The second kappa shape index (κ2) is 5.58. The highest BCUT2D eigenvalue weighted by molar-refractivity contribution is 9.10. The SMILES string of the molecule is Cc1cc(F)ccc1Oc1ccc(C(=O)O)c(Br)c1F. The van der Waals surface area contributed by atoms with Gasteiger partial charge in [-0.15, -0.1) is 0 Å². The Balaban J connectivity index is 2.39. The van der Waals surface area contributed by atoms with Crippen molar-refractivity contribution in [1.82, 2.24) is 0 Å². The number of benzene rings is 2. The van der Waals surface area contributed by atoms with E-state index < -0.39 is 17.6 Å². The molecule has 0 bridgehead atoms. The standard InChI is InChI=1S/C14H9BrF2O3/c1-7-6-8(16)2-4-10(7)20-11-5-3-9(14(18)19)12(15)13(11)17/h2-6H,1H3,(H,18,19). The predicted octanol–water partition coefficient (Wildman–Crippen LogP) is 4.53. The van der Waals surface area contributed by atoms with Crippen LogP contribution in [0.3, 0.4) is 0 Å². The van der Waals surface area contributed by atoms with E-state index in [9.17, 15) is 13.6 Å². The maximum Gasteiger partial charge on any atom is 0.336 e. The molecule has 2 aromatic rings. The van der Waals surface area contributed by atoms with Crippen LogP contribution in [0.5, 0.6) is 11.5 Å². The van der Waals surface area contributed by atoms with E-state index in [4.69, 9.17) is 9.84 Å². The molecule has 0 aliphatic carbocycles. The van der Waals surface area contributed by atoms with E-state index in [2.05, 4.69) is 15.9 Å². The fraction of sp³-hybridized carbons (Fsp3) is 0.0714. The third-order valence-corrected chi connectivity index (χ3v) is 3.41. The van der Waals surface area contributed by atoms with Crippen molar-refractivity contribution in [1.29, 1.82) is 0 Å². The first kappa shape index (κ1) is 14.5. The van der Waals surface area contributed by atoms with E-state index in [1.54, 1.807) is 6.92 Å². The number of aromatic carboxylic acids is 1. The fourth-order valence-corrected chi connectivity index (χ4v) is 2.12. The summed E-state index contributed by atoms with van der Waals surface area (Å²) in [5.41, 5.74) is 0.300. The lowest BCUT2D eigenvalue weighted by Gasteiger charge is -2.11. The minimum absolute atomic E-state index is 0.142. The Hall–Kier alpha value is -1.95. The number of carbonyl (C=O) groups is 1. The maximum atomic E-state index is 14.0. The van der Waals surface area contributed by atoms with Crippen molar-refractivity contribution >= 4 is 21.9 Å². The maximum absolute atomic E-state index is 14.0. The molecule has 0 heterocycles. The zero-order chi connectivity index (χ0) is 14.9. The lowest BCUT2D eigenvalue weighted by atomic mass is 10.2. The van der Waals surface area contributed by atoms with E-state index in [1.807, 2.05) is 0 Å². The third-order valence-electron chi connectivity index (χ3n) is 2.63. The molecule has 6 heteroatoms. The van der Waals surface area contributed by atoms with E-state index in [0.29, 0.717) is 11.3 Å². The van der Waals surface area contributed by atoms with Crippen molar-refractivity contribution in [2.75, 3.05) is 0 Å². The number of ether oxygens (including phenoxy) is 1. The monoisotopic (exact) mass is 342 g/mol. The van der Waals surface area contributed by atoms with Gasteiger partial charge in [-0.3, -0.25) is 0 Å². The van der Waals surface area contributed by atoms with Gasteiger partial charge in [0.2, 0.25) is 0 Å². The number of aryl methyl sites for hydroxylation is 1. The first-order valence-corrected chi connectivity index (χ1v) is 6.34. The Bertz CT molecular complexity index is 686. The van der Waals surface area contributed by atoms with E-state index in [1.165, 1.54) is 30.3 Å². The van der Waals surface area contributed by atoms with Crippen LogP contribution >= 0.6 is 15.9 Å². The van der Waals surface area contributed by atoms with Gasteiger partial charge in [-0.05, 0) is 58.7 Å². The molecule has 0 saturated heterocycles. The van der Waals surface area contributed by atoms with Gasteiger partial charge in [0.1, 0.15) is 11.6 Å². The smallest absolute Gasteiger partial charge is 0.336 e. The molecular formula is C14H9BrF2O3. The second-order valence-corrected chi connectivity index (χ2v) is 4.85. The molecule has 0 unspecified atom stereocenters. The average Bonchev–Trinajstić information content (AvgIpc) is 2.37. The van der Waals surface area contributed by atoms with Crippen LogP contribution in [0.2, 0.25) is 0 Å². The van der Waals surface area contributed by atoms with Gasteiger partial charge in [0.15, 0.2) is 11.6 Å². The quantitative estimate of drug-likeness (QED) is 0.891. The van der Waals surface area contributed by atoms with Crippen molar-refractivity contribution in [3.8, 4) is 11.5 Å². The van der Waals surface area contributed by atoms with Crippen LogP contribution in [0.25, 0.3) is 0 Å². The van der Waals surface area contributed by atoms with Crippen molar-refractivity contribution < 1.29 is 23.4 Å². The Morgan fingerprint density at radius 1 is 1.20 bits per heavy atom. The first-order chi connectivity index (χ1) is 9.40. The highest BCUT2D eigenvalue weighted by atomic mass is 79.9. The summed E-state index contributed by atoms with van der Waals surface area (Å²) in [6, 6.07) is 6.27. The summed E-state index contributed by atoms with van der Waals surface area (Å²) in [4.78, 5) is 10.9. The van der Waals surface area contributed by atoms with Gasteiger partial charge in [-0.2, -0.15) is 0 Å². The minimum atomic E-state index is -1.25. The average molecular weight is 343 g/mol. The molecule has 20 heavy (non-hydrogen) atoms. The van der Waals surface area contributed by atoms with Crippen LogP contribution in [0.1, 0.15) is 15.9 Å². The lowest BCUT2D eigenvalue weighted by Crippen LogP contribution is -2.01. The van der Waals surface area contributed by atoms with Crippen LogP contribution in [0.15, 0.2) is 34.8 Å². The summed E-state index contributed by atoms with van der Waals surface area (Å²) in [5.74, 6) is -2.34. The summed E-state index contributed by atoms with van der Waals surface area (Å²) in [7, 11) is 0. The van der Waals surface area contributed by atoms with Crippen LogP contribution in [-0.2, 0) is 0 Å². The first-order valence-electron chi connectivity index (χ1n) is 5.55. The third kappa shape index (κ3) is 2.80. The topological polar surface area (TPSA) is 46.5 Å². The number of halogens is 3. The summed E-state index contributed by atoms with van der Waals surface area (Å²) in [6.45, 7) is 1.62. The summed E-state index contributed by atoms with van der Waals surface area (Å²) >= 11 is 2.88. The summed E-state index contributed by atoms with van der Waals surface area (Å²) < 4.78 is 32.1. The molecule has 104 valence electrons. The van der Waals surface area contributed by atoms with Gasteiger partial charge in [0, 0.05) is 0 Å². The van der Waals surface area contributed by atoms with Crippen molar-refractivity contribution in [2.45, 2.75) is 6.92 Å². The van der Waals surface area contributed by atoms with E-state index in [-0.39, 0.29) is 15.8 Å². The molecule has 0 saturated carbocycles. The Morgan fingerprint density at radius 2 is 1.85 bits per heavy atom. The fourth-order valence-electron chi connectivity index (χ4n) is 1.62. The van der Waals surface area contributed by atoms with E-state index in [0.717, 1.165) is 0 Å². The summed E-state index contributed by atoms with van der Waals surface area (Å²) in [5, 5.41) is 8.87. The van der Waals surface area contributed by atoms with Gasteiger partial charge in [-0.25, -0.2) is 13.6 Å². The highest BCUT2D eigenvalue weighted by Crippen LogP contribution is 2.33. The lowest BCUT2D eigenvalue weighted by molar-refractivity contribution is 0.0695. The van der Waals surface area contributed by atoms with Gasteiger partial charge in [-0.1, -0.05) is 0 Å². The normalized spacial score (nSPS) is 10.4. The molecule has 0 aliphatic heterocycles. The predicted molar refractivity (Wildman–Crippen MR) is 72.3 cm³/mol. The molecule has 2 aromatic carbocycles. The number of hydrogen-bond acceptors (Lipinski definition) is 2. The molecular weight excluding hydrogens is 334 g/mol. The molecule has 0 radical (unpaired) electrons. The Labute approximate surface area is 121 Å². The molecule has 0 atom stereocenters. The molecule has 0 fully saturated rings. The largest absolute Gasteiger partial charge is 0.478 e. The molecule has 2 rings (SSSR count). The molecule has 0 amide bonds. The second-order valence-electron chi connectivity index (χ2n) is 4.06. The van der Waals surface area contributed by atoms with Crippen LogP contribution in [0, 0.1) is 18.6 Å². The van der Waals surface area contributed by atoms with Gasteiger partial charge in [0.25, 0.3) is 0 Å². The number of carboxylic acid groups (broad SMARTS) is 1. The molecule has 0 aromatic heterocycles. The molecule has 0 spiro atoms.